The molecule has 1 aromatic carbocycles. The van der Waals surface area contributed by atoms with Gasteiger partial charge in [0.05, 0.1) is 5.71 Å². The number of aromatic nitrogens is 1. The summed E-state index contributed by atoms with van der Waals surface area (Å²) in [5.41, 5.74) is 2.97. The first-order valence-corrected chi connectivity index (χ1v) is 7.08. The lowest BCUT2D eigenvalue weighted by molar-refractivity contribution is -0.697. The van der Waals surface area contributed by atoms with Crippen molar-refractivity contribution in [3.8, 4) is 0 Å². The highest BCUT2D eigenvalue weighted by molar-refractivity contribution is 6.00. The molecule has 1 N–H and O–H groups in total. The van der Waals surface area contributed by atoms with Gasteiger partial charge in [0.1, 0.15) is 6.54 Å². The molecule has 2 aromatic rings. The maximum absolute atomic E-state index is 9.18. The first-order chi connectivity index (χ1) is 9.83. The molecule has 0 saturated heterocycles. The Morgan fingerprint density at radius 3 is 2.57 bits per heavy atom. The van der Waals surface area contributed by atoms with Crippen molar-refractivity contribution in [1.29, 1.82) is 0 Å². The van der Waals surface area contributed by atoms with Gasteiger partial charge < -0.3 is 29.2 Å². The van der Waals surface area contributed by atoms with Crippen LogP contribution < -0.4 is 28.5 Å². The van der Waals surface area contributed by atoms with Crippen molar-refractivity contribution in [2.45, 2.75) is 32.7 Å². The van der Waals surface area contributed by atoms with E-state index in [2.05, 4.69) is 41.2 Å². The molecule has 0 fully saturated rings. The van der Waals surface area contributed by atoms with Gasteiger partial charge in [0.15, 0.2) is 12.4 Å². The van der Waals surface area contributed by atoms with Gasteiger partial charge in [-0.25, -0.2) is 4.57 Å². The zero-order valence-electron chi connectivity index (χ0n) is 12.2. The van der Waals surface area contributed by atoms with Crippen LogP contribution >= 0.6 is 0 Å². The Morgan fingerprint density at radius 1 is 1.14 bits per heavy atom. The molecule has 0 bridgehead atoms. The molecule has 0 amide bonds. The Balaban J connectivity index is 0.00000220. The van der Waals surface area contributed by atoms with Crippen molar-refractivity contribution in [3.05, 3.63) is 66.0 Å². The van der Waals surface area contributed by atoms with Crippen molar-refractivity contribution in [2.75, 3.05) is 0 Å². The standard InChI is InChI=1S/C17H20N2O.HI/c1-2-12-19-13-6-7-15(14-19)10-11-17(18-20)16-8-4-3-5-9-16;/h3-9,13-14H,2,10-12H2,1H3;1H/b18-17-;. The van der Waals surface area contributed by atoms with Crippen LogP contribution in [0.1, 0.15) is 30.9 Å². The Bertz CT molecular complexity index is 570. The van der Waals surface area contributed by atoms with Gasteiger partial charge >= 0.3 is 0 Å². The van der Waals surface area contributed by atoms with E-state index in [1.54, 1.807) is 0 Å². The van der Waals surface area contributed by atoms with Crippen molar-refractivity contribution in [3.63, 3.8) is 0 Å². The summed E-state index contributed by atoms with van der Waals surface area (Å²) in [6.07, 6.45) is 6.99. The molecule has 0 radical (unpaired) electrons. The number of rotatable bonds is 6. The second-order valence-corrected chi connectivity index (χ2v) is 4.86. The number of oxime groups is 1. The van der Waals surface area contributed by atoms with Gasteiger partial charge in [-0.15, -0.1) is 0 Å². The second-order valence-electron chi connectivity index (χ2n) is 4.86. The average Bonchev–Trinajstić information content (AvgIpc) is 2.50. The Kier molecular flexibility index (Phi) is 7.97. The molecule has 0 spiro atoms. The molecule has 0 aliphatic rings. The van der Waals surface area contributed by atoms with Crippen LogP contribution in [-0.4, -0.2) is 10.9 Å². The lowest BCUT2D eigenvalue weighted by Gasteiger charge is -2.04. The van der Waals surface area contributed by atoms with Crippen LogP contribution in [0.15, 0.2) is 60.0 Å². The molecule has 0 unspecified atom stereocenters. The minimum absolute atomic E-state index is 0. The maximum Gasteiger partial charge on any atom is 0.171 e. The van der Waals surface area contributed by atoms with Crippen LogP contribution in [-0.2, 0) is 13.0 Å². The number of benzene rings is 1. The van der Waals surface area contributed by atoms with Crippen LogP contribution in [0.3, 0.4) is 0 Å². The Hall–Kier alpha value is -1.43. The highest BCUT2D eigenvalue weighted by Crippen LogP contribution is 2.08. The molecule has 3 nitrogen and oxygen atoms in total. The third-order valence-corrected chi connectivity index (χ3v) is 3.28. The van der Waals surface area contributed by atoms with E-state index < -0.39 is 0 Å². The van der Waals surface area contributed by atoms with Gasteiger partial charge in [0, 0.05) is 18.1 Å². The van der Waals surface area contributed by atoms with Crippen LogP contribution in [0.25, 0.3) is 0 Å². The van der Waals surface area contributed by atoms with E-state index >= 15 is 0 Å². The van der Waals surface area contributed by atoms with E-state index in [0.29, 0.717) is 0 Å². The predicted molar refractivity (Wildman–Crippen MR) is 80.0 cm³/mol. The molecule has 21 heavy (non-hydrogen) atoms. The van der Waals surface area contributed by atoms with Crippen LogP contribution in [0.5, 0.6) is 0 Å². The molecule has 0 saturated carbocycles. The second kappa shape index (κ2) is 9.50. The third-order valence-electron chi connectivity index (χ3n) is 3.28. The molecule has 0 aliphatic carbocycles. The van der Waals surface area contributed by atoms with Crippen molar-refractivity contribution in [2.24, 2.45) is 5.16 Å². The van der Waals surface area contributed by atoms with Crippen molar-refractivity contribution < 1.29 is 33.8 Å². The van der Waals surface area contributed by atoms with E-state index in [1.165, 1.54) is 5.56 Å². The smallest absolute Gasteiger partial charge is 0.171 e. The number of nitrogens with zero attached hydrogens (tertiary/aromatic N) is 2. The van der Waals surface area contributed by atoms with Crippen LogP contribution in [0, 0.1) is 0 Å². The fourth-order valence-corrected chi connectivity index (χ4v) is 2.27. The zero-order chi connectivity index (χ0) is 14.2. The molecular formula is C17H21IN2O. The van der Waals surface area contributed by atoms with E-state index in [9.17, 15) is 5.21 Å². The molecular weight excluding hydrogens is 375 g/mol. The summed E-state index contributed by atoms with van der Waals surface area (Å²) in [4.78, 5) is 0. The van der Waals surface area contributed by atoms with Gasteiger partial charge in [-0.2, -0.15) is 0 Å². The lowest BCUT2D eigenvalue weighted by Crippen LogP contribution is -3.00. The van der Waals surface area contributed by atoms with Crippen molar-refractivity contribution >= 4 is 5.71 Å². The fraction of sp³-hybridized carbons (Fsp3) is 0.294. The Labute approximate surface area is 143 Å². The minimum Gasteiger partial charge on any atom is -1.00 e. The quantitative estimate of drug-likeness (QED) is 0.245. The number of hydrogen-bond acceptors (Lipinski definition) is 2. The molecule has 0 atom stereocenters. The SMILES string of the molecule is CCC[n+]1cccc(CC/C(=N/O)c2ccccc2)c1.[I-]. The molecule has 1 aromatic heterocycles. The summed E-state index contributed by atoms with van der Waals surface area (Å²) in [5.74, 6) is 0. The number of aryl methyl sites for hydroxylation is 2. The topological polar surface area (TPSA) is 36.5 Å². The minimum atomic E-state index is 0. The number of pyridine rings is 1. The van der Waals surface area contributed by atoms with Gasteiger partial charge in [-0.05, 0) is 24.5 Å². The highest BCUT2D eigenvalue weighted by atomic mass is 127. The highest BCUT2D eigenvalue weighted by Gasteiger charge is 2.07. The van der Waals surface area contributed by atoms with Gasteiger partial charge in [-0.3, -0.25) is 0 Å². The van der Waals surface area contributed by atoms with Crippen molar-refractivity contribution in [1.82, 2.24) is 0 Å². The predicted octanol–water partition coefficient (Wildman–Crippen LogP) is 0.199. The van der Waals surface area contributed by atoms with Gasteiger partial charge in [0.25, 0.3) is 0 Å². The largest absolute Gasteiger partial charge is 1.00 e. The summed E-state index contributed by atoms with van der Waals surface area (Å²) >= 11 is 0. The molecule has 112 valence electrons. The average molecular weight is 396 g/mol. The molecule has 1 heterocycles. The number of halogens is 1. The summed E-state index contributed by atoms with van der Waals surface area (Å²) in [5, 5.41) is 12.6. The van der Waals surface area contributed by atoms with E-state index in [0.717, 1.165) is 37.1 Å². The summed E-state index contributed by atoms with van der Waals surface area (Å²) in [7, 11) is 0. The maximum atomic E-state index is 9.18. The lowest BCUT2D eigenvalue weighted by atomic mass is 10.0. The Morgan fingerprint density at radius 2 is 1.90 bits per heavy atom. The molecule has 2 rings (SSSR count). The van der Waals surface area contributed by atoms with Gasteiger partial charge in [-0.1, -0.05) is 42.4 Å². The zero-order valence-corrected chi connectivity index (χ0v) is 14.4. The van der Waals surface area contributed by atoms with Crippen LogP contribution in [0.4, 0.5) is 0 Å². The summed E-state index contributed by atoms with van der Waals surface area (Å²) in [6, 6.07) is 14.0. The van der Waals surface area contributed by atoms with Gasteiger partial charge in [0.2, 0.25) is 0 Å². The van der Waals surface area contributed by atoms with E-state index in [4.69, 9.17) is 0 Å². The monoisotopic (exact) mass is 396 g/mol. The first-order valence-electron chi connectivity index (χ1n) is 7.08. The summed E-state index contributed by atoms with van der Waals surface area (Å²) < 4.78 is 2.20. The fourth-order valence-electron chi connectivity index (χ4n) is 2.27. The number of hydrogen-bond donors (Lipinski definition) is 1. The van der Waals surface area contributed by atoms with Crippen LogP contribution in [0.2, 0.25) is 0 Å². The molecule has 4 heteroatoms. The third kappa shape index (κ3) is 5.46. The first kappa shape index (κ1) is 17.6. The molecule has 0 aliphatic heterocycles. The summed E-state index contributed by atoms with van der Waals surface area (Å²) in [6.45, 7) is 3.21. The normalized spacial score (nSPS) is 11.0. The van der Waals surface area contributed by atoms with E-state index in [1.807, 2.05) is 30.3 Å². The van der Waals surface area contributed by atoms with E-state index in [-0.39, 0.29) is 24.0 Å².